The number of amides is 2. The van der Waals surface area contributed by atoms with Crippen LogP contribution in [0.15, 0.2) is 0 Å². The van der Waals surface area contributed by atoms with Gasteiger partial charge in [-0.05, 0) is 32.1 Å². The molecule has 2 amide bonds. The molecule has 0 bridgehead atoms. The van der Waals surface area contributed by atoms with Crippen molar-refractivity contribution in [3.05, 3.63) is 0 Å². The van der Waals surface area contributed by atoms with Crippen LogP contribution in [-0.2, 0) is 4.79 Å². The summed E-state index contributed by atoms with van der Waals surface area (Å²) in [6.45, 7) is 6.42. The molecule has 0 aliphatic carbocycles. The normalized spacial score (nSPS) is 20.4. The molecule has 1 fully saturated rings. The topological polar surface area (TPSA) is 69.6 Å². The number of likely N-dealkylation sites (tertiary alicyclic amines) is 1. The first-order valence-corrected chi connectivity index (χ1v) is 7.82. The molecule has 1 atom stereocenters. The van der Waals surface area contributed by atoms with Gasteiger partial charge in [0.15, 0.2) is 0 Å². The third kappa shape index (κ3) is 3.64. The average Bonchev–Trinajstić information content (AvgIpc) is 2.69. The molecule has 0 spiro atoms. The molecule has 116 valence electrons. The summed E-state index contributed by atoms with van der Waals surface area (Å²) in [6, 6.07) is 0.0163. The first-order valence-electron chi connectivity index (χ1n) is 7.82. The first kappa shape index (κ1) is 16.8. The molecule has 1 rings (SSSR count). The fraction of sp³-hybridized carbons (Fsp3) is 0.867. The molecule has 0 radical (unpaired) electrons. The van der Waals surface area contributed by atoms with Crippen molar-refractivity contribution in [2.24, 2.45) is 0 Å². The van der Waals surface area contributed by atoms with Gasteiger partial charge in [0.2, 0.25) is 0 Å². The summed E-state index contributed by atoms with van der Waals surface area (Å²) < 4.78 is 0. The standard InChI is InChI=1S/C15H28N2O3/c1-4-12-10-8-7-9-11-17(12)14(20)16-15(5-2,6-3)13(18)19/h12H,4-11H2,1-3H3,(H,16,20)(H,18,19). The van der Waals surface area contributed by atoms with E-state index in [0.717, 1.165) is 38.6 Å². The fourth-order valence-electron chi connectivity index (χ4n) is 2.93. The van der Waals surface area contributed by atoms with Crippen LogP contribution in [-0.4, -0.2) is 40.1 Å². The minimum absolute atomic E-state index is 0.218. The first-order chi connectivity index (χ1) is 9.50. The van der Waals surface area contributed by atoms with Crippen molar-refractivity contribution in [2.45, 2.75) is 77.3 Å². The van der Waals surface area contributed by atoms with Crippen LogP contribution < -0.4 is 5.32 Å². The van der Waals surface area contributed by atoms with Gasteiger partial charge in [0.1, 0.15) is 5.54 Å². The molecule has 0 aromatic carbocycles. The highest BCUT2D eigenvalue weighted by Crippen LogP contribution is 2.21. The predicted octanol–water partition coefficient (Wildman–Crippen LogP) is 2.99. The van der Waals surface area contributed by atoms with E-state index in [9.17, 15) is 14.7 Å². The lowest BCUT2D eigenvalue weighted by Crippen LogP contribution is -2.58. The van der Waals surface area contributed by atoms with Gasteiger partial charge in [0, 0.05) is 12.6 Å². The number of hydrogen-bond acceptors (Lipinski definition) is 2. The van der Waals surface area contributed by atoms with Crippen molar-refractivity contribution in [3.63, 3.8) is 0 Å². The highest BCUT2D eigenvalue weighted by Gasteiger charge is 2.38. The summed E-state index contributed by atoms with van der Waals surface area (Å²) >= 11 is 0. The molecule has 1 saturated heterocycles. The number of nitrogens with zero attached hydrogens (tertiary/aromatic N) is 1. The van der Waals surface area contributed by atoms with Crippen molar-refractivity contribution in [1.29, 1.82) is 0 Å². The lowest BCUT2D eigenvalue weighted by atomic mass is 9.93. The van der Waals surface area contributed by atoms with Crippen molar-refractivity contribution < 1.29 is 14.7 Å². The lowest BCUT2D eigenvalue weighted by Gasteiger charge is -2.35. The molecule has 0 aromatic rings. The van der Waals surface area contributed by atoms with E-state index >= 15 is 0 Å². The molecular weight excluding hydrogens is 256 g/mol. The number of rotatable bonds is 5. The van der Waals surface area contributed by atoms with Crippen LogP contribution in [0.25, 0.3) is 0 Å². The summed E-state index contributed by atoms with van der Waals surface area (Å²) in [5.74, 6) is -0.946. The van der Waals surface area contributed by atoms with Crippen LogP contribution in [0, 0.1) is 0 Å². The van der Waals surface area contributed by atoms with E-state index in [2.05, 4.69) is 12.2 Å². The van der Waals surface area contributed by atoms with Gasteiger partial charge in [-0.3, -0.25) is 0 Å². The number of urea groups is 1. The maximum atomic E-state index is 12.5. The fourth-order valence-corrected chi connectivity index (χ4v) is 2.93. The van der Waals surface area contributed by atoms with Gasteiger partial charge in [-0.15, -0.1) is 0 Å². The van der Waals surface area contributed by atoms with E-state index in [1.807, 2.05) is 4.90 Å². The number of carbonyl (C=O) groups excluding carboxylic acids is 1. The Labute approximate surface area is 121 Å². The molecule has 1 aliphatic heterocycles. The van der Waals surface area contributed by atoms with Gasteiger partial charge < -0.3 is 15.3 Å². The zero-order chi connectivity index (χ0) is 15.2. The number of carboxylic acids is 1. The Balaban J connectivity index is 2.83. The third-order valence-corrected chi connectivity index (χ3v) is 4.57. The Morgan fingerprint density at radius 2 is 1.85 bits per heavy atom. The minimum atomic E-state index is -1.14. The molecule has 1 unspecified atom stereocenters. The number of carboxylic acid groups (broad SMARTS) is 1. The van der Waals surface area contributed by atoms with Crippen LogP contribution in [0.3, 0.4) is 0 Å². The van der Waals surface area contributed by atoms with Crippen LogP contribution in [0.2, 0.25) is 0 Å². The van der Waals surface area contributed by atoms with Gasteiger partial charge in [0.05, 0.1) is 0 Å². The van der Waals surface area contributed by atoms with E-state index < -0.39 is 11.5 Å². The summed E-state index contributed by atoms with van der Waals surface area (Å²) in [6.07, 6.45) is 6.03. The SMILES string of the molecule is CCC1CCCCCN1C(=O)NC(CC)(CC)C(=O)O. The second-order valence-corrected chi connectivity index (χ2v) is 5.63. The Bertz CT molecular complexity index is 340. The summed E-state index contributed by atoms with van der Waals surface area (Å²) in [4.78, 5) is 25.8. The summed E-state index contributed by atoms with van der Waals surface area (Å²) in [5, 5.41) is 12.2. The maximum Gasteiger partial charge on any atom is 0.329 e. The van der Waals surface area contributed by atoms with E-state index in [1.54, 1.807) is 13.8 Å². The zero-order valence-electron chi connectivity index (χ0n) is 12.9. The Morgan fingerprint density at radius 3 is 2.35 bits per heavy atom. The molecule has 5 heteroatoms. The Kier molecular flexibility index (Phi) is 6.30. The predicted molar refractivity (Wildman–Crippen MR) is 78.7 cm³/mol. The van der Waals surface area contributed by atoms with Gasteiger partial charge >= 0.3 is 12.0 Å². The van der Waals surface area contributed by atoms with Crippen molar-refractivity contribution >= 4 is 12.0 Å². The average molecular weight is 284 g/mol. The monoisotopic (exact) mass is 284 g/mol. The van der Waals surface area contributed by atoms with Crippen molar-refractivity contribution in [1.82, 2.24) is 10.2 Å². The molecule has 1 aliphatic rings. The van der Waals surface area contributed by atoms with E-state index in [4.69, 9.17) is 0 Å². The molecule has 2 N–H and O–H groups in total. The number of hydrogen-bond donors (Lipinski definition) is 2. The summed E-state index contributed by atoms with van der Waals surface area (Å²) in [5.41, 5.74) is -1.14. The molecule has 5 nitrogen and oxygen atoms in total. The molecule has 0 aromatic heterocycles. The third-order valence-electron chi connectivity index (χ3n) is 4.57. The summed E-state index contributed by atoms with van der Waals surface area (Å²) in [7, 11) is 0. The van der Waals surface area contributed by atoms with Crippen molar-refractivity contribution in [3.8, 4) is 0 Å². The quantitative estimate of drug-likeness (QED) is 0.815. The van der Waals surface area contributed by atoms with E-state index in [0.29, 0.717) is 12.8 Å². The second-order valence-electron chi connectivity index (χ2n) is 5.63. The largest absolute Gasteiger partial charge is 0.480 e. The van der Waals surface area contributed by atoms with Crippen molar-refractivity contribution in [2.75, 3.05) is 6.54 Å². The molecule has 20 heavy (non-hydrogen) atoms. The van der Waals surface area contributed by atoms with E-state index in [1.165, 1.54) is 0 Å². The smallest absolute Gasteiger partial charge is 0.329 e. The highest BCUT2D eigenvalue weighted by molar-refractivity contribution is 5.86. The van der Waals surface area contributed by atoms with Gasteiger partial charge in [0.25, 0.3) is 0 Å². The number of nitrogens with one attached hydrogen (secondary N) is 1. The van der Waals surface area contributed by atoms with Crippen LogP contribution in [0.4, 0.5) is 4.79 Å². The lowest BCUT2D eigenvalue weighted by molar-refractivity contribution is -0.144. The number of carbonyl (C=O) groups is 2. The van der Waals surface area contributed by atoms with E-state index in [-0.39, 0.29) is 12.1 Å². The minimum Gasteiger partial charge on any atom is -0.480 e. The molecular formula is C15H28N2O3. The van der Waals surface area contributed by atoms with Gasteiger partial charge in [-0.25, -0.2) is 9.59 Å². The highest BCUT2D eigenvalue weighted by atomic mass is 16.4. The van der Waals surface area contributed by atoms with Crippen LogP contribution in [0.1, 0.15) is 65.7 Å². The molecule has 0 saturated carbocycles. The zero-order valence-corrected chi connectivity index (χ0v) is 12.9. The molecule has 1 heterocycles. The Morgan fingerprint density at radius 1 is 1.20 bits per heavy atom. The Hall–Kier alpha value is -1.26. The van der Waals surface area contributed by atoms with Crippen LogP contribution >= 0.6 is 0 Å². The van der Waals surface area contributed by atoms with Crippen LogP contribution in [0.5, 0.6) is 0 Å². The maximum absolute atomic E-state index is 12.5. The number of aliphatic carboxylic acids is 1. The second kappa shape index (κ2) is 7.50. The van der Waals surface area contributed by atoms with Gasteiger partial charge in [-0.1, -0.05) is 33.6 Å². The van der Waals surface area contributed by atoms with Gasteiger partial charge in [-0.2, -0.15) is 0 Å².